The zero-order valence-electron chi connectivity index (χ0n) is 14.5. The number of benzene rings is 2. The van der Waals surface area contributed by atoms with Crippen LogP contribution in [0, 0.1) is 18.3 Å². The molecule has 0 unspecified atom stereocenters. The molecule has 2 aromatic carbocycles. The number of nitriles is 1. The van der Waals surface area contributed by atoms with Crippen molar-refractivity contribution in [2.45, 2.75) is 33.1 Å². The maximum Gasteiger partial charge on any atom is 0.133 e. The third kappa shape index (κ3) is 4.75. The fraction of sp³-hybridized carbons (Fsp3) is 0.350. The van der Waals surface area contributed by atoms with Crippen LogP contribution < -0.4 is 9.47 Å². The highest BCUT2D eigenvalue weighted by Crippen LogP contribution is 2.32. The molecule has 2 rings (SSSR count). The van der Waals surface area contributed by atoms with Crippen LogP contribution in [0.3, 0.4) is 0 Å². The Balaban J connectivity index is 1.97. The van der Waals surface area contributed by atoms with Crippen molar-refractivity contribution in [1.82, 2.24) is 0 Å². The summed E-state index contributed by atoms with van der Waals surface area (Å²) in [5, 5.41) is 8.87. The summed E-state index contributed by atoms with van der Waals surface area (Å²) in [4.78, 5) is 0. The average Bonchev–Trinajstić information content (AvgIpc) is 2.52. The Bertz CT molecular complexity index is 757. The van der Waals surface area contributed by atoms with Gasteiger partial charge in [0, 0.05) is 0 Å². The molecule has 126 valence electrons. The third-order valence-corrected chi connectivity index (χ3v) is 4.22. The van der Waals surface area contributed by atoms with Crippen LogP contribution >= 0.6 is 15.9 Å². The summed E-state index contributed by atoms with van der Waals surface area (Å²) in [6, 6.07) is 13.6. The van der Waals surface area contributed by atoms with Crippen molar-refractivity contribution in [3.8, 4) is 17.6 Å². The van der Waals surface area contributed by atoms with Crippen LogP contribution in [-0.2, 0) is 5.41 Å². The van der Waals surface area contributed by atoms with E-state index in [0.29, 0.717) is 24.5 Å². The molecule has 0 aliphatic heterocycles. The van der Waals surface area contributed by atoms with Gasteiger partial charge in [0.1, 0.15) is 24.7 Å². The maximum atomic E-state index is 8.87. The van der Waals surface area contributed by atoms with Crippen LogP contribution in [0.4, 0.5) is 0 Å². The van der Waals surface area contributed by atoms with Gasteiger partial charge < -0.3 is 9.47 Å². The van der Waals surface area contributed by atoms with Gasteiger partial charge in [0.05, 0.1) is 16.1 Å². The molecule has 0 radical (unpaired) electrons. The van der Waals surface area contributed by atoms with Gasteiger partial charge in [-0.2, -0.15) is 5.26 Å². The van der Waals surface area contributed by atoms with E-state index in [9.17, 15) is 0 Å². The molecule has 0 saturated heterocycles. The Hall–Kier alpha value is -1.99. The summed E-state index contributed by atoms with van der Waals surface area (Å²) >= 11 is 3.41. The molecule has 24 heavy (non-hydrogen) atoms. The Morgan fingerprint density at radius 1 is 1.00 bits per heavy atom. The number of hydrogen-bond donors (Lipinski definition) is 0. The molecule has 3 nitrogen and oxygen atoms in total. The molecule has 0 heterocycles. The van der Waals surface area contributed by atoms with Crippen LogP contribution in [0.25, 0.3) is 0 Å². The van der Waals surface area contributed by atoms with Crippen molar-refractivity contribution >= 4 is 15.9 Å². The van der Waals surface area contributed by atoms with Crippen LogP contribution in [0.2, 0.25) is 0 Å². The highest BCUT2D eigenvalue weighted by atomic mass is 79.9. The van der Waals surface area contributed by atoms with E-state index in [1.807, 2.05) is 6.07 Å². The molecule has 0 aliphatic carbocycles. The fourth-order valence-corrected chi connectivity index (χ4v) is 2.84. The summed E-state index contributed by atoms with van der Waals surface area (Å²) < 4.78 is 12.4. The van der Waals surface area contributed by atoms with Crippen molar-refractivity contribution in [3.05, 3.63) is 57.6 Å². The molecule has 0 atom stereocenters. The zero-order chi connectivity index (χ0) is 17.7. The second-order valence-corrected chi connectivity index (χ2v) is 7.56. The first-order valence-corrected chi connectivity index (χ1v) is 8.67. The molecule has 0 bridgehead atoms. The summed E-state index contributed by atoms with van der Waals surface area (Å²) in [6.45, 7) is 9.52. The third-order valence-electron chi connectivity index (χ3n) is 3.60. The molecule has 0 amide bonds. The minimum absolute atomic E-state index is 0.0262. The summed E-state index contributed by atoms with van der Waals surface area (Å²) in [5.74, 6) is 1.60. The van der Waals surface area contributed by atoms with Crippen LogP contribution in [0.5, 0.6) is 11.5 Å². The van der Waals surface area contributed by atoms with E-state index in [4.69, 9.17) is 14.7 Å². The second-order valence-electron chi connectivity index (χ2n) is 6.70. The topological polar surface area (TPSA) is 42.2 Å². The molecule has 0 saturated carbocycles. The van der Waals surface area contributed by atoms with E-state index < -0.39 is 0 Å². The Labute approximate surface area is 152 Å². The Morgan fingerprint density at radius 2 is 1.62 bits per heavy atom. The quantitative estimate of drug-likeness (QED) is 0.646. The van der Waals surface area contributed by atoms with E-state index >= 15 is 0 Å². The van der Waals surface area contributed by atoms with Crippen molar-refractivity contribution in [1.29, 1.82) is 5.26 Å². The minimum atomic E-state index is 0.0262. The lowest BCUT2D eigenvalue weighted by Gasteiger charge is -2.23. The van der Waals surface area contributed by atoms with Crippen molar-refractivity contribution in [2.75, 3.05) is 13.2 Å². The monoisotopic (exact) mass is 387 g/mol. The van der Waals surface area contributed by atoms with Crippen molar-refractivity contribution in [2.24, 2.45) is 0 Å². The number of aryl methyl sites for hydroxylation is 1. The van der Waals surface area contributed by atoms with E-state index in [1.54, 1.807) is 18.2 Å². The number of halogens is 1. The lowest BCUT2D eigenvalue weighted by molar-refractivity contribution is 0.213. The fourth-order valence-electron chi connectivity index (χ4n) is 2.35. The normalized spacial score (nSPS) is 11.0. The van der Waals surface area contributed by atoms with Gasteiger partial charge in [-0.05, 0) is 58.1 Å². The Morgan fingerprint density at radius 3 is 2.21 bits per heavy atom. The summed E-state index contributed by atoms with van der Waals surface area (Å²) in [7, 11) is 0. The van der Waals surface area contributed by atoms with E-state index in [-0.39, 0.29) is 5.41 Å². The minimum Gasteiger partial charge on any atom is -0.490 e. The SMILES string of the molecule is Cc1ccc(OCCOc2ccc(C#N)cc2Br)c(C(C)(C)C)c1. The molecular formula is C20H22BrNO2. The second kappa shape index (κ2) is 7.72. The number of ether oxygens (including phenoxy) is 2. The maximum absolute atomic E-state index is 8.87. The van der Waals surface area contributed by atoms with Crippen molar-refractivity contribution in [3.63, 3.8) is 0 Å². The number of rotatable bonds is 5. The van der Waals surface area contributed by atoms with Crippen LogP contribution in [0.15, 0.2) is 40.9 Å². The lowest BCUT2D eigenvalue weighted by Crippen LogP contribution is -2.16. The molecule has 0 aliphatic rings. The first kappa shape index (κ1) is 18.4. The highest BCUT2D eigenvalue weighted by molar-refractivity contribution is 9.10. The van der Waals surface area contributed by atoms with E-state index in [1.165, 1.54) is 11.1 Å². The first-order chi connectivity index (χ1) is 11.3. The van der Waals surface area contributed by atoms with Crippen molar-refractivity contribution < 1.29 is 9.47 Å². The van der Waals surface area contributed by atoms with Gasteiger partial charge in [-0.25, -0.2) is 0 Å². The Kier molecular flexibility index (Phi) is 5.90. The van der Waals surface area contributed by atoms with Gasteiger partial charge in [0.2, 0.25) is 0 Å². The molecule has 0 fully saturated rings. The summed E-state index contributed by atoms with van der Waals surface area (Å²) in [6.07, 6.45) is 0. The molecular weight excluding hydrogens is 366 g/mol. The lowest BCUT2D eigenvalue weighted by atomic mass is 9.85. The number of nitrogens with zero attached hydrogens (tertiary/aromatic N) is 1. The van der Waals surface area contributed by atoms with Gasteiger partial charge in [0.25, 0.3) is 0 Å². The van der Waals surface area contributed by atoms with E-state index in [2.05, 4.69) is 61.8 Å². The number of hydrogen-bond acceptors (Lipinski definition) is 3. The van der Waals surface area contributed by atoms with Gasteiger partial charge in [-0.15, -0.1) is 0 Å². The largest absolute Gasteiger partial charge is 0.490 e. The molecule has 0 N–H and O–H groups in total. The molecule has 4 heteroatoms. The van der Waals surface area contributed by atoms with E-state index in [0.717, 1.165) is 10.2 Å². The van der Waals surface area contributed by atoms with Gasteiger partial charge >= 0.3 is 0 Å². The van der Waals surface area contributed by atoms with Crippen LogP contribution in [-0.4, -0.2) is 13.2 Å². The predicted octanol–water partition coefficient (Wildman–Crippen LogP) is 5.38. The standard InChI is InChI=1S/C20H22BrNO2/c1-14-5-7-18(16(11-14)20(2,3)4)23-9-10-24-19-8-6-15(13-22)12-17(19)21/h5-8,11-12H,9-10H2,1-4H3. The molecule has 2 aromatic rings. The zero-order valence-corrected chi connectivity index (χ0v) is 16.1. The molecule has 0 spiro atoms. The highest BCUT2D eigenvalue weighted by Gasteiger charge is 2.19. The smallest absolute Gasteiger partial charge is 0.133 e. The summed E-state index contributed by atoms with van der Waals surface area (Å²) in [5.41, 5.74) is 3.05. The average molecular weight is 388 g/mol. The predicted molar refractivity (Wildman–Crippen MR) is 99.7 cm³/mol. The van der Waals surface area contributed by atoms with Gasteiger partial charge in [-0.1, -0.05) is 38.5 Å². The first-order valence-electron chi connectivity index (χ1n) is 7.87. The van der Waals surface area contributed by atoms with Gasteiger partial charge in [-0.3, -0.25) is 0 Å². The van der Waals surface area contributed by atoms with Crippen LogP contribution in [0.1, 0.15) is 37.5 Å². The molecule has 0 aromatic heterocycles. The van der Waals surface area contributed by atoms with Gasteiger partial charge in [0.15, 0.2) is 0 Å².